The molecule has 0 bridgehead atoms. The van der Waals surface area contributed by atoms with Crippen molar-refractivity contribution >= 4 is 39.1 Å². The molecule has 6 aromatic heterocycles. The van der Waals surface area contributed by atoms with Gasteiger partial charge in [-0.1, -0.05) is 0 Å². The molecule has 0 aromatic carbocycles. The van der Waals surface area contributed by atoms with Gasteiger partial charge >= 0.3 is 0 Å². The van der Waals surface area contributed by atoms with Crippen molar-refractivity contribution in [3.8, 4) is 33.9 Å². The maximum atomic E-state index is 15.6. The first-order valence-corrected chi connectivity index (χ1v) is 10.2. The minimum Gasteiger partial charge on any atom is -0.397 e. The lowest BCUT2D eigenvalue weighted by molar-refractivity contribution is 0.642. The van der Waals surface area contributed by atoms with Crippen LogP contribution in [0.4, 0.5) is 10.1 Å². The van der Waals surface area contributed by atoms with E-state index in [1.54, 1.807) is 29.8 Å². The molecule has 31 heavy (non-hydrogen) atoms. The van der Waals surface area contributed by atoms with Gasteiger partial charge in [0.15, 0.2) is 11.5 Å². The van der Waals surface area contributed by atoms with Gasteiger partial charge in [0.05, 0.1) is 22.3 Å². The number of anilines is 1. The number of rotatable bonds is 3. The molecule has 8 nitrogen and oxygen atoms in total. The van der Waals surface area contributed by atoms with Gasteiger partial charge in [0.25, 0.3) is 0 Å². The van der Waals surface area contributed by atoms with Gasteiger partial charge in [-0.15, -0.1) is 0 Å². The second-order valence-corrected chi connectivity index (χ2v) is 7.72. The molecule has 10 heteroatoms. The fraction of sp³-hybridized carbons (Fsp3) is 0. The zero-order chi connectivity index (χ0) is 20.9. The Morgan fingerprint density at radius 2 is 1.97 bits per heavy atom. The Morgan fingerprint density at radius 3 is 2.81 bits per heavy atom. The third-order valence-corrected chi connectivity index (χ3v) is 5.70. The van der Waals surface area contributed by atoms with Gasteiger partial charge in [0.2, 0.25) is 0 Å². The summed E-state index contributed by atoms with van der Waals surface area (Å²) in [5, 5.41) is 11.3. The first-order chi connectivity index (χ1) is 15.2. The summed E-state index contributed by atoms with van der Waals surface area (Å²) in [5.41, 5.74) is 10.9. The van der Waals surface area contributed by atoms with Crippen molar-refractivity contribution in [1.82, 2.24) is 35.1 Å². The number of fused-ring (bicyclic) bond motifs is 2. The Hall–Kier alpha value is -4.18. The molecule has 0 aliphatic carbocycles. The molecule has 6 aromatic rings. The number of nitrogen functional groups attached to an aromatic ring is 1. The molecule has 0 unspecified atom stereocenters. The van der Waals surface area contributed by atoms with Crippen molar-refractivity contribution in [2.24, 2.45) is 0 Å². The van der Waals surface area contributed by atoms with Gasteiger partial charge in [0, 0.05) is 46.9 Å². The normalized spacial score (nSPS) is 11.5. The lowest BCUT2D eigenvalue weighted by atomic mass is 10.1. The molecule has 0 saturated carbocycles. The summed E-state index contributed by atoms with van der Waals surface area (Å²) >= 11 is 1.58. The molecular weight excluding hydrogens is 415 g/mol. The van der Waals surface area contributed by atoms with Crippen molar-refractivity contribution in [1.29, 1.82) is 0 Å². The highest BCUT2D eigenvalue weighted by Crippen LogP contribution is 2.34. The van der Waals surface area contributed by atoms with Crippen LogP contribution in [0, 0.1) is 5.82 Å². The minimum absolute atomic E-state index is 0.240. The lowest BCUT2D eigenvalue weighted by Crippen LogP contribution is -1.93. The van der Waals surface area contributed by atoms with Crippen LogP contribution in [0.25, 0.3) is 56.0 Å². The van der Waals surface area contributed by atoms with E-state index in [0.717, 1.165) is 16.8 Å². The van der Waals surface area contributed by atoms with E-state index < -0.39 is 5.82 Å². The number of nitrogens with one attached hydrogen (secondary N) is 2. The van der Waals surface area contributed by atoms with E-state index in [1.165, 1.54) is 12.4 Å². The molecule has 0 saturated heterocycles. The van der Waals surface area contributed by atoms with Gasteiger partial charge in [0.1, 0.15) is 17.0 Å². The summed E-state index contributed by atoms with van der Waals surface area (Å²) in [6.07, 6.45) is 6.20. The summed E-state index contributed by atoms with van der Waals surface area (Å²) < 4.78 is 15.6. The summed E-state index contributed by atoms with van der Waals surface area (Å²) in [5.74, 6) is -0.0490. The second kappa shape index (κ2) is 6.67. The van der Waals surface area contributed by atoms with Gasteiger partial charge in [-0.25, -0.2) is 14.4 Å². The van der Waals surface area contributed by atoms with Crippen molar-refractivity contribution < 1.29 is 4.39 Å². The zero-order valence-electron chi connectivity index (χ0n) is 15.8. The Morgan fingerprint density at radius 1 is 1.03 bits per heavy atom. The number of aromatic amines is 2. The van der Waals surface area contributed by atoms with Crippen molar-refractivity contribution in [3.63, 3.8) is 0 Å². The monoisotopic (exact) mass is 428 g/mol. The first-order valence-electron chi connectivity index (χ1n) is 9.30. The molecule has 0 amide bonds. The number of nitrogens with two attached hydrogens (primary N) is 1. The van der Waals surface area contributed by atoms with E-state index in [0.29, 0.717) is 33.9 Å². The maximum absolute atomic E-state index is 15.6. The van der Waals surface area contributed by atoms with Crippen LogP contribution in [0.2, 0.25) is 0 Å². The summed E-state index contributed by atoms with van der Waals surface area (Å²) in [6.45, 7) is 0. The SMILES string of the molecule is Nc1cncc(-c2cnc3[nH]nc(-c4nc5c(-c6ccsc6)nccc5[nH]4)c3c2F)c1. The Labute approximate surface area is 178 Å². The Bertz CT molecular complexity index is 1570. The third kappa shape index (κ3) is 2.76. The van der Waals surface area contributed by atoms with E-state index in [9.17, 15) is 0 Å². The Balaban J connectivity index is 1.56. The minimum atomic E-state index is -0.474. The molecule has 0 fully saturated rings. The molecule has 6 rings (SSSR count). The zero-order valence-corrected chi connectivity index (χ0v) is 16.6. The highest BCUT2D eigenvalue weighted by molar-refractivity contribution is 7.08. The molecule has 150 valence electrons. The lowest BCUT2D eigenvalue weighted by Gasteiger charge is -2.05. The second-order valence-electron chi connectivity index (χ2n) is 6.94. The van der Waals surface area contributed by atoms with Gasteiger partial charge in [-0.3, -0.25) is 15.1 Å². The van der Waals surface area contributed by atoms with Crippen molar-refractivity contribution in [3.05, 3.63) is 59.6 Å². The fourth-order valence-corrected chi connectivity index (χ4v) is 4.23. The number of nitrogens with zero attached hydrogens (tertiary/aromatic N) is 5. The van der Waals surface area contributed by atoms with Crippen LogP contribution in [0.3, 0.4) is 0 Å². The quantitative estimate of drug-likeness (QED) is 0.384. The summed E-state index contributed by atoms with van der Waals surface area (Å²) in [7, 11) is 0. The number of H-pyrrole nitrogens is 2. The van der Waals surface area contributed by atoms with Crippen LogP contribution >= 0.6 is 11.3 Å². The van der Waals surface area contributed by atoms with Gasteiger partial charge in [-0.2, -0.15) is 16.4 Å². The number of pyridine rings is 3. The number of thiophene rings is 1. The molecule has 4 N–H and O–H groups in total. The Kier molecular flexibility index (Phi) is 3.80. The average molecular weight is 428 g/mol. The molecule has 0 atom stereocenters. The van der Waals surface area contributed by atoms with Crippen LogP contribution in [0.1, 0.15) is 0 Å². The standard InChI is InChI=1S/C21H13FN8S/c22-16-13(11-5-12(23)7-24-6-11)8-26-20-15(16)19(29-30-20)21-27-14-1-3-25-17(18(14)28-21)10-2-4-31-9-10/h1-9H,23H2,(H,27,28)(H,26,29,30). The van der Waals surface area contributed by atoms with E-state index in [2.05, 4.69) is 30.1 Å². The largest absolute Gasteiger partial charge is 0.397 e. The van der Waals surface area contributed by atoms with E-state index >= 15 is 4.39 Å². The first kappa shape index (κ1) is 17.7. The van der Waals surface area contributed by atoms with E-state index in [-0.39, 0.29) is 10.9 Å². The van der Waals surface area contributed by atoms with Crippen LogP contribution in [0.15, 0.2) is 53.7 Å². The molecule has 0 spiro atoms. The molecule has 0 aliphatic rings. The van der Waals surface area contributed by atoms with Crippen LogP contribution < -0.4 is 5.73 Å². The average Bonchev–Trinajstić information content (AvgIpc) is 3.52. The van der Waals surface area contributed by atoms with Gasteiger partial charge in [-0.05, 0) is 23.6 Å². The molecule has 0 radical (unpaired) electrons. The summed E-state index contributed by atoms with van der Waals surface area (Å²) in [4.78, 5) is 20.8. The number of halogens is 1. The molecular formula is C21H13FN8S. The number of imidazole rings is 1. The third-order valence-electron chi connectivity index (χ3n) is 5.02. The smallest absolute Gasteiger partial charge is 0.159 e. The fourth-order valence-electron chi connectivity index (χ4n) is 3.59. The van der Waals surface area contributed by atoms with E-state index in [4.69, 9.17) is 10.7 Å². The highest BCUT2D eigenvalue weighted by atomic mass is 32.1. The van der Waals surface area contributed by atoms with Crippen molar-refractivity contribution in [2.45, 2.75) is 0 Å². The predicted molar refractivity (Wildman–Crippen MR) is 118 cm³/mol. The number of aromatic nitrogens is 7. The maximum Gasteiger partial charge on any atom is 0.159 e. The van der Waals surface area contributed by atoms with Gasteiger partial charge < -0.3 is 10.7 Å². The molecule has 0 aliphatic heterocycles. The predicted octanol–water partition coefficient (Wildman–Crippen LogP) is 4.41. The highest BCUT2D eigenvalue weighted by Gasteiger charge is 2.21. The van der Waals surface area contributed by atoms with Crippen LogP contribution in [-0.4, -0.2) is 35.1 Å². The molecule has 6 heterocycles. The van der Waals surface area contributed by atoms with Crippen LogP contribution in [0.5, 0.6) is 0 Å². The van der Waals surface area contributed by atoms with Crippen molar-refractivity contribution in [2.75, 3.05) is 5.73 Å². The van der Waals surface area contributed by atoms with E-state index in [1.807, 2.05) is 22.9 Å². The van der Waals surface area contributed by atoms with Crippen LogP contribution in [-0.2, 0) is 0 Å². The topological polar surface area (TPSA) is 122 Å². The number of hydrogen-bond acceptors (Lipinski definition) is 7. The summed E-state index contributed by atoms with van der Waals surface area (Å²) in [6, 6.07) is 5.47. The number of hydrogen-bond donors (Lipinski definition) is 3.